The van der Waals surface area contributed by atoms with Crippen molar-refractivity contribution in [2.75, 3.05) is 12.3 Å². The number of nitrogen functional groups attached to an aromatic ring is 1. The monoisotopic (exact) mass is 228 g/mol. The number of nitrogens with two attached hydrogens (primary N) is 1. The molecule has 0 atom stereocenters. The third-order valence-electron chi connectivity index (χ3n) is 2.23. The summed E-state index contributed by atoms with van der Waals surface area (Å²) in [4.78, 5) is 0. The number of hydrogen-bond acceptors (Lipinski definition) is 4. The van der Waals surface area contributed by atoms with Crippen molar-refractivity contribution >= 4 is 5.69 Å². The van der Waals surface area contributed by atoms with Crippen LogP contribution in [0.15, 0.2) is 36.7 Å². The van der Waals surface area contributed by atoms with E-state index >= 15 is 0 Å². The molecule has 0 spiro atoms. The van der Waals surface area contributed by atoms with Gasteiger partial charge in [-0.1, -0.05) is 0 Å². The van der Waals surface area contributed by atoms with Gasteiger partial charge in [0.2, 0.25) is 0 Å². The van der Waals surface area contributed by atoms with Gasteiger partial charge in [-0.3, -0.25) is 4.68 Å². The number of nitrogens with zero attached hydrogens (tertiary/aromatic N) is 3. The molecule has 0 fully saturated rings. The van der Waals surface area contributed by atoms with Crippen LogP contribution in [0, 0.1) is 11.3 Å². The lowest BCUT2D eigenvalue weighted by Gasteiger charge is -2.05. The van der Waals surface area contributed by atoms with E-state index < -0.39 is 0 Å². The first-order valence-corrected chi connectivity index (χ1v) is 5.19. The van der Waals surface area contributed by atoms with E-state index in [-0.39, 0.29) is 0 Å². The zero-order valence-corrected chi connectivity index (χ0v) is 9.21. The lowest BCUT2D eigenvalue weighted by atomic mass is 10.2. The van der Waals surface area contributed by atoms with Crippen molar-refractivity contribution in [2.45, 2.75) is 6.54 Å². The maximum Gasteiger partial charge on any atom is 0.119 e. The van der Waals surface area contributed by atoms with Crippen molar-refractivity contribution in [1.82, 2.24) is 9.78 Å². The zero-order valence-electron chi connectivity index (χ0n) is 9.21. The molecule has 0 radical (unpaired) electrons. The lowest BCUT2D eigenvalue weighted by molar-refractivity contribution is 0.291. The van der Waals surface area contributed by atoms with Gasteiger partial charge in [-0.2, -0.15) is 10.4 Å². The second-order valence-corrected chi connectivity index (χ2v) is 3.52. The van der Waals surface area contributed by atoms with Gasteiger partial charge in [0.25, 0.3) is 0 Å². The van der Waals surface area contributed by atoms with Gasteiger partial charge in [0.05, 0.1) is 30.1 Å². The maximum atomic E-state index is 8.64. The predicted molar refractivity (Wildman–Crippen MR) is 63.3 cm³/mol. The molecule has 0 bridgehead atoms. The molecule has 1 aromatic heterocycles. The summed E-state index contributed by atoms with van der Waals surface area (Å²) in [6, 6.07) is 9.05. The Labute approximate surface area is 99.0 Å². The summed E-state index contributed by atoms with van der Waals surface area (Å²) < 4.78 is 7.23. The van der Waals surface area contributed by atoms with E-state index in [1.165, 1.54) is 0 Å². The van der Waals surface area contributed by atoms with E-state index in [4.69, 9.17) is 15.7 Å². The Morgan fingerprint density at radius 3 is 2.71 bits per heavy atom. The van der Waals surface area contributed by atoms with Crippen LogP contribution in [0.5, 0.6) is 5.75 Å². The standard InChI is InChI=1S/C12H12N4O/c13-7-10-1-3-12(4-2-10)17-6-5-16-9-11(14)8-15-16/h1-4,8-9H,5-6,14H2. The second kappa shape index (κ2) is 5.03. The Kier molecular flexibility index (Phi) is 3.26. The molecule has 2 N–H and O–H groups in total. The molecule has 1 heterocycles. The highest BCUT2D eigenvalue weighted by atomic mass is 16.5. The highest BCUT2D eigenvalue weighted by Gasteiger charge is 1.97. The molecule has 1 aromatic carbocycles. The molecule has 0 saturated carbocycles. The minimum atomic E-state index is 0.507. The first-order chi connectivity index (χ1) is 8.28. The third-order valence-corrected chi connectivity index (χ3v) is 2.23. The van der Waals surface area contributed by atoms with Crippen LogP contribution in [0.25, 0.3) is 0 Å². The van der Waals surface area contributed by atoms with Gasteiger partial charge >= 0.3 is 0 Å². The van der Waals surface area contributed by atoms with Crippen molar-refractivity contribution in [3.05, 3.63) is 42.2 Å². The fourth-order valence-electron chi connectivity index (χ4n) is 1.38. The molecule has 86 valence electrons. The normalized spacial score (nSPS) is 9.82. The number of rotatable bonds is 4. The zero-order chi connectivity index (χ0) is 12.1. The van der Waals surface area contributed by atoms with E-state index in [0.717, 1.165) is 5.75 Å². The van der Waals surface area contributed by atoms with Crippen LogP contribution in [0.2, 0.25) is 0 Å². The van der Waals surface area contributed by atoms with Crippen LogP contribution in [-0.4, -0.2) is 16.4 Å². The fourth-order valence-corrected chi connectivity index (χ4v) is 1.38. The summed E-state index contributed by atoms with van der Waals surface area (Å²) in [5.41, 5.74) is 6.80. The molecule has 0 unspecified atom stereocenters. The molecular weight excluding hydrogens is 216 g/mol. The van der Waals surface area contributed by atoms with Crippen molar-refractivity contribution < 1.29 is 4.74 Å². The van der Waals surface area contributed by atoms with Gasteiger partial charge in [0, 0.05) is 6.20 Å². The number of nitriles is 1. The van der Waals surface area contributed by atoms with Gasteiger partial charge < -0.3 is 10.5 Å². The Bertz CT molecular complexity index is 524. The van der Waals surface area contributed by atoms with Gasteiger partial charge in [-0.05, 0) is 24.3 Å². The summed E-state index contributed by atoms with van der Waals surface area (Å²) in [7, 11) is 0. The highest BCUT2D eigenvalue weighted by molar-refractivity contribution is 5.34. The molecular formula is C12H12N4O. The number of aromatic nitrogens is 2. The predicted octanol–water partition coefficient (Wildman–Crippen LogP) is 1.42. The van der Waals surface area contributed by atoms with Gasteiger partial charge in [0.15, 0.2) is 0 Å². The average molecular weight is 228 g/mol. The number of hydrogen-bond donors (Lipinski definition) is 1. The first-order valence-electron chi connectivity index (χ1n) is 5.19. The molecule has 2 rings (SSSR count). The van der Waals surface area contributed by atoms with Crippen LogP contribution in [0.4, 0.5) is 5.69 Å². The molecule has 0 aliphatic rings. The van der Waals surface area contributed by atoms with Crippen LogP contribution in [0.3, 0.4) is 0 Å². The molecule has 0 amide bonds. The van der Waals surface area contributed by atoms with Gasteiger partial charge in [-0.25, -0.2) is 0 Å². The molecule has 0 aliphatic carbocycles. The van der Waals surface area contributed by atoms with E-state index in [2.05, 4.69) is 11.2 Å². The minimum absolute atomic E-state index is 0.507. The van der Waals surface area contributed by atoms with Gasteiger partial charge in [-0.15, -0.1) is 0 Å². The van der Waals surface area contributed by atoms with E-state index in [0.29, 0.717) is 24.4 Å². The fraction of sp³-hybridized carbons (Fsp3) is 0.167. The van der Waals surface area contributed by atoms with Crippen molar-refractivity contribution in [1.29, 1.82) is 5.26 Å². The summed E-state index contributed by atoms with van der Waals surface area (Å²) in [5, 5.41) is 12.7. The van der Waals surface area contributed by atoms with Crippen LogP contribution < -0.4 is 10.5 Å². The topological polar surface area (TPSA) is 76.9 Å². The van der Waals surface area contributed by atoms with Gasteiger partial charge in [0.1, 0.15) is 12.4 Å². The number of ether oxygens (including phenoxy) is 1. The smallest absolute Gasteiger partial charge is 0.119 e. The summed E-state index contributed by atoms with van der Waals surface area (Å²) in [5.74, 6) is 0.740. The highest BCUT2D eigenvalue weighted by Crippen LogP contribution is 2.11. The Morgan fingerprint density at radius 2 is 2.12 bits per heavy atom. The minimum Gasteiger partial charge on any atom is -0.492 e. The third kappa shape index (κ3) is 2.98. The summed E-state index contributed by atoms with van der Waals surface area (Å²) in [6.45, 7) is 1.14. The average Bonchev–Trinajstić information content (AvgIpc) is 2.76. The first kappa shape index (κ1) is 11.0. The molecule has 17 heavy (non-hydrogen) atoms. The van der Waals surface area contributed by atoms with E-state index in [9.17, 15) is 0 Å². The largest absolute Gasteiger partial charge is 0.492 e. The molecule has 0 saturated heterocycles. The SMILES string of the molecule is N#Cc1ccc(OCCn2cc(N)cn2)cc1. The quantitative estimate of drug-likeness (QED) is 0.858. The maximum absolute atomic E-state index is 8.64. The Morgan fingerprint density at radius 1 is 1.35 bits per heavy atom. The van der Waals surface area contributed by atoms with Crippen LogP contribution >= 0.6 is 0 Å². The van der Waals surface area contributed by atoms with Crippen LogP contribution in [-0.2, 0) is 6.54 Å². The van der Waals surface area contributed by atoms with Crippen molar-refractivity contribution in [3.63, 3.8) is 0 Å². The van der Waals surface area contributed by atoms with Crippen molar-refractivity contribution in [3.8, 4) is 11.8 Å². The van der Waals surface area contributed by atoms with E-state index in [1.54, 1.807) is 41.3 Å². The Hall–Kier alpha value is -2.48. The molecule has 5 heteroatoms. The van der Waals surface area contributed by atoms with E-state index in [1.807, 2.05) is 0 Å². The number of anilines is 1. The molecule has 0 aliphatic heterocycles. The number of benzene rings is 1. The summed E-state index contributed by atoms with van der Waals surface area (Å²) >= 11 is 0. The lowest BCUT2D eigenvalue weighted by Crippen LogP contribution is -2.08. The second-order valence-electron chi connectivity index (χ2n) is 3.52. The Balaban J connectivity index is 1.84. The summed E-state index contributed by atoms with van der Waals surface area (Å²) in [6.07, 6.45) is 3.35. The van der Waals surface area contributed by atoms with Crippen LogP contribution in [0.1, 0.15) is 5.56 Å². The molecule has 5 nitrogen and oxygen atoms in total. The van der Waals surface area contributed by atoms with Crippen molar-refractivity contribution in [2.24, 2.45) is 0 Å². The molecule has 2 aromatic rings.